The van der Waals surface area contributed by atoms with Gasteiger partial charge in [-0.25, -0.2) is 4.39 Å². The number of halogens is 1. The predicted octanol–water partition coefficient (Wildman–Crippen LogP) is 1.31. The molecule has 0 saturated carbocycles. The number of rotatable bonds is 2. The van der Waals surface area contributed by atoms with Crippen LogP contribution in [-0.4, -0.2) is 29.2 Å². The lowest BCUT2D eigenvalue weighted by Crippen LogP contribution is -2.49. The van der Waals surface area contributed by atoms with Crippen molar-refractivity contribution >= 4 is 0 Å². The monoisotopic (exact) mass is 195 g/mol. The molecular formula is C11H14FNO. The lowest BCUT2D eigenvalue weighted by Gasteiger charge is -2.36. The largest absolute Gasteiger partial charge is 0.390 e. The quantitative estimate of drug-likeness (QED) is 0.769. The van der Waals surface area contributed by atoms with Crippen molar-refractivity contribution < 1.29 is 9.50 Å². The minimum atomic E-state index is -0.191. The Morgan fingerprint density at radius 1 is 1.50 bits per heavy atom. The average Bonchev–Trinajstić information content (AvgIpc) is 2.09. The highest BCUT2D eigenvalue weighted by Gasteiger charge is 2.24. The molecule has 0 radical (unpaired) electrons. The van der Waals surface area contributed by atoms with E-state index in [2.05, 4.69) is 4.90 Å². The van der Waals surface area contributed by atoms with Crippen molar-refractivity contribution in [3.05, 3.63) is 35.1 Å². The molecule has 2 rings (SSSR count). The van der Waals surface area contributed by atoms with Crippen LogP contribution in [0.25, 0.3) is 0 Å². The van der Waals surface area contributed by atoms with E-state index in [9.17, 15) is 4.39 Å². The van der Waals surface area contributed by atoms with E-state index in [1.807, 2.05) is 6.92 Å². The number of aryl methyl sites for hydroxylation is 1. The highest BCUT2D eigenvalue weighted by molar-refractivity contribution is 5.26. The Morgan fingerprint density at radius 3 is 2.86 bits per heavy atom. The fourth-order valence-corrected chi connectivity index (χ4v) is 1.72. The topological polar surface area (TPSA) is 23.5 Å². The minimum Gasteiger partial charge on any atom is -0.390 e. The van der Waals surface area contributed by atoms with Crippen LogP contribution in [0.4, 0.5) is 4.39 Å². The molecule has 0 bridgehead atoms. The number of aliphatic hydroxyl groups is 1. The van der Waals surface area contributed by atoms with E-state index in [-0.39, 0.29) is 11.9 Å². The summed E-state index contributed by atoms with van der Waals surface area (Å²) in [4.78, 5) is 2.10. The summed E-state index contributed by atoms with van der Waals surface area (Å²) in [6, 6.07) is 4.84. The Kier molecular flexibility index (Phi) is 2.52. The minimum absolute atomic E-state index is 0.188. The molecule has 1 N–H and O–H groups in total. The van der Waals surface area contributed by atoms with Gasteiger partial charge in [-0.15, -0.1) is 0 Å². The molecule has 76 valence electrons. The van der Waals surface area contributed by atoms with E-state index in [1.165, 1.54) is 6.07 Å². The van der Waals surface area contributed by atoms with Crippen LogP contribution >= 0.6 is 0 Å². The van der Waals surface area contributed by atoms with E-state index < -0.39 is 0 Å². The number of likely N-dealkylation sites (tertiary alicyclic amines) is 1. The first-order chi connectivity index (χ1) is 6.65. The van der Waals surface area contributed by atoms with Crippen molar-refractivity contribution in [1.82, 2.24) is 4.90 Å². The van der Waals surface area contributed by atoms with E-state index >= 15 is 0 Å². The Bertz CT molecular complexity index is 334. The van der Waals surface area contributed by atoms with E-state index in [0.29, 0.717) is 13.1 Å². The maximum atomic E-state index is 12.9. The average molecular weight is 195 g/mol. The van der Waals surface area contributed by atoms with E-state index in [0.717, 1.165) is 17.7 Å². The molecule has 1 fully saturated rings. The molecule has 0 spiro atoms. The van der Waals surface area contributed by atoms with Gasteiger partial charge in [-0.05, 0) is 30.2 Å². The molecule has 0 amide bonds. The molecule has 3 heteroatoms. The van der Waals surface area contributed by atoms with E-state index in [1.54, 1.807) is 12.1 Å². The summed E-state index contributed by atoms with van der Waals surface area (Å²) in [7, 11) is 0. The van der Waals surface area contributed by atoms with Crippen LogP contribution in [0.3, 0.4) is 0 Å². The molecule has 1 saturated heterocycles. The fraction of sp³-hybridized carbons (Fsp3) is 0.455. The van der Waals surface area contributed by atoms with Crippen molar-refractivity contribution in [3.63, 3.8) is 0 Å². The van der Waals surface area contributed by atoms with Gasteiger partial charge in [0.2, 0.25) is 0 Å². The van der Waals surface area contributed by atoms with Gasteiger partial charge in [0.05, 0.1) is 6.10 Å². The maximum Gasteiger partial charge on any atom is 0.123 e. The normalized spacial score (nSPS) is 18.2. The van der Waals surface area contributed by atoms with Gasteiger partial charge in [-0.2, -0.15) is 0 Å². The second-order valence-corrected chi connectivity index (χ2v) is 3.92. The van der Waals surface area contributed by atoms with Gasteiger partial charge >= 0.3 is 0 Å². The third-order valence-corrected chi connectivity index (χ3v) is 2.64. The lowest BCUT2D eigenvalue weighted by atomic mass is 10.1. The first kappa shape index (κ1) is 9.62. The predicted molar refractivity (Wildman–Crippen MR) is 52.4 cm³/mol. The van der Waals surface area contributed by atoms with Crippen molar-refractivity contribution in [2.45, 2.75) is 19.6 Å². The van der Waals surface area contributed by atoms with E-state index in [4.69, 9.17) is 5.11 Å². The third-order valence-electron chi connectivity index (χ3n) is 2.64. The fourth-order valence-electron chi connectivity index (χ4n) is 1.72. The molecule has 0 unspecified atom stereocenters. The summed E-state index contributed by atoms with van der Waals surface area (Å²) in [6.07, 6.45) is -0.191. The zero-order valence-electron chi connectivity index (χ0n) is 8.20. The highest BCUT2D eigenvalue weighted by atomic mass is 19.1. The molecule has 1 aliphatic heterocycles. The van der Waals surface area contributed by atoms with Crippen LogP contribution in [0.2, 0.25) is 0 Å². The number of nitrogens with zero attached hydrogens (tertiary/aromatic N) is 1. The van der Waals surface area contributed by atoms with Gasteiger partial charge in [0, 0.05) is 19.6 Å². The van der Waals surface area contributed by atoms with Crippen LogP contribution in [0.5, 0.6) is 0 Å². The maximum absolute atomic E-state index is 12.9. The summed E-state index contributed by atoms with van der Waals surface area (Å²) in [5.41, 5.74) is 2.12. The summed E-state index contributed by atoms with van der Waals surface area (Å²) in [6.45, 7) is 4.12. The lowest BCUT2D eigenvalue weighted by molar-refractivity contribution is -0.00300. The highest BCUT2D eigenvalue weighted by Crippen LogP contribution is 2.16. The molecule has 14 heavy (non-hydrogen) atoms. The number of β-amino-alcohol motifs (C(OH)–C–C–N with tert-alkyl or cyclic N) is 1. The van der Waals surface area contributed by atoms with Crippen molar-refractivity contribution in [2.75, 3.05) is 13.1 Å². The molecule has 1 aromatic rings. The summed E-state index contributed by atoms with van der Waals surface area (Å²) in [5, 5.41) is 9.10. The summed E-state index contributed by atoms with van der Waals surface area (Å²) in [5.74, 6) is -0.188. The van der Waals surface area contributed by atoms with Crippen molar-refractivity contribution in [3.8, 4) is 0 Å². The zero-order chi connectivity index (χ0) is 10.1. The number of aliphatic hydroxyl groups excluding tert-OH is 1. The van der Waals surface area contributed by atoms with Gasteiger partial charge in [0.15, 0.2) is 0 Å². The molecule has 1 heterocycles. The van der Waals surface area contributed by atoms with Gasteiger partial charge in [-0.3, -0.25) is 4.90 Å². The van der Waals surface area contributed by atoms with Crippen LogP contribution < -0.4 is 0 Å². The van der Waals surface area contributed by atoms with Crippen LogP contribution in [-0.2, 0) is 6.54 Å². The van der Waals surface area contributed by atoms with Gasteiger partial charge in [-0.1, -0.05) is 6.07 Å². The Balaban J connectivity index is 2.05. The molecular weight excluding hydrogens is 181 g/mol. The second-order valence-electron chi connectivity index (χ2n) is 3.92. The van der Waals surface area contributed by atoms with Gasteiger partial charge in [0.25, 0.3) is 0 Å². The number of benzene rings is 1. The molecule has 1 aromatic carbocycles. The van der Waals surface area contributed by atoms with Crippen molar-refractivity contribution in [2.24, 2.45) is 0 Å². The SMILES string of the molecule is Cc1ccc(F)cc1CN1CC(O)C1. The van der Waals surface area contributed by atoms with Gasteiger partial charge < -0.3 is 5.11 Å². The standard InChI is InChI=1S/C11H14FNO/c1-8-2-3-10(12)4-9(8)5-13-6-11(14)7-13/h2-4,11,14H,5-7H2,1H3. The van der Waals surface area contributed by atoms with Crippen molar-refractivity contribution in [1.29, 1.82) is 0 Å². The number of hydrogen-bond donors (Lipinski definition) is 1. The zero-order valence-corrected chi connectivity index (χ0v) is 8.20. The molecule has 0 aliphatic carbocycles. The van der Waals surface area contributed by atoms with Crippen LogP contribution in [0.15, 0.2) is 18.2 Å². The first-order valence-corrected chi connectivity index (χ1v) is 4.80. The Morgan fingerprint density at radius 2 is 2.21 bits per heavy atom. The third kappa shape index (κ3) is 1.94. The molecule has 2 nitrogen and oxygen atoms in total. The number of hydrogen-bond acceptors (Lipinski definition) is 2. The summed E-state index contributed by atoms with van der Waals surface area (Å²) < 4.78 is 12.9. The second kappa shape index (κ2) is 3.67. The van der Waals surface area contributed by atoms with Crippen LogP contribution in [0, 0.1) is 12.7 Å². The Hall–Kier alpha value is -0.930. The molecule has 0 aromatic heterocycles. The van der Waals surface area contributed by atoms with Crippen LogP contribution in [0.1, 0.15) is 11.1 Å². The first-order valence-electron chi connectivity index (χ1n) is 4.80. The molecule has 1 aliphatic rings. The smallest absolute Gasteiger partial charge is 0.123 e. The molecule has 0 atom stereocenters. The Labute approximate surface area is 83.0 Å². The summed E-state index contributed by atoms with van der Waals surface area (Å²) >= 11 is 0. The van der Waals surface area contributed by atoms with Gasteiger partial charge in [0.1, 0.15) is 5.82 Å².